The monoisotopic (exact) mass is 531 g/mol. The highest BCUT2D eigenvalue weighted by atomic mass is 16.6. The van der Waals surface area contributed by atoms with E-state index in [1.165, 1.54) is 29.1 Å². The summed E-state index contributed by atoms with van der Waals surface area (Å²) in [5, 5.41) is 44.5. The van der Waals surface area contributed by atoms with Crippen LogP contribution in [0.25, 0.3) is 0 Å². The first-order valence-corrected chi connectivity index (χ1v) is 12.0. The number of amides is 1. The van der Waals surface area contributed by atoms with Crippen molar-refractivity contribution in [3.8, 4) is 0 Å². The molecule has 0 bridgehead atoms. The minimum absolute atomic E-state index is 0.282. The number of unbranched alkanes of at least 4 members (excludes halogenated alkanes) is 1. The van der Waals surface area contributed by atoms with Gasteiger partial charge in [0.25, 0.3) is 0 Å². The molecule has 6 N–H and O–H groups in total. The maximum atomic E-state index is 11.7. The number of aldehydes is 1. The summed E-state index contributed by atoms with van der Waals surface area (Å²) < 4.78 is 7.03. The van der Waals surface area contributed by atoms with Gasteiger partial charge in [0.1, 0.15) is 30.7 Å². The number of aliphatic hydroxyl groups is 3. The lowest BCUT2D eigenvalue weighted by molar-refractivity contribution is -0.141. The fraction of sp³-hybridized carbons (Fsp3) is 0.478. The molecule has 0 radical (unpaired) electrons. The number of aliphatic imine (C=N–C) groups is 2. The van der Waals surface area contributed by atoms with Crippen LogP contribution in [0.4, 0.5) is 5.82 Å². The summed E-state index contributed by atoms with van der Waals surface area (Å²) in [5.74, 6) is -0.801. The zero-order valence-electron chi connectivity index (χ0n) is 20.5. The van der Waals surface area contributed by atoms with Crippen molar-refractivity contribution in [2.45, 2.75) is 56.8 Å². The molecule has 1 aromatic heterocycles. The minimum atomic E-state index is -1.31. The molecule has 1 amide bonds. The van der Waals surface area contributed by atoms with E-state index in [9.17, 15) is 34.8 Å². The number of carboxylic acid groups (broad SMARTS) is 1. The Labute approximate surface area is 216 Å². The van der Waals surface area contributed by atoms with Crippen molar-refractivity contribution in [1.82, 2.24) is 25.1 Å². The lowest BCUT2D eigenvalue weighted by Crippen LogP contribution is -2.39. The number of nitrogens with zero attached hydrogens (tertiary/aromatic N) is 5. The molecular formula is C23H29N7O8. The molecule has 0 spiro atoms. The van der Waals surface area contributed by atoms with Gasteiger partial charge in [-0.1, -0.05) is 0 Å². The molecular weight excluding hydrogens is 502 g/mol. The second-order valence-electron chi connectivity index (χ2n) is 8.91. The molecule has 1 aromatic rings. The number of rotatable bonds is 11. The highest BCUT2D eigenvalue weighted by Gasteiger charge is 2.45. The van der Waals surface area contributed by atoms with Crippen LogP contribution in [0.5, 0.6) is 0 Å². The largest absolute Gasteiger partial charge is 0.480 e. The van der Waals surface area contributed by atoms with E-state index in [1.807, 2.05) is 0 Å². The van der Waals surface area contributed by atoms with Crippen molar-refractivity contribution in [3.63, 3.8) is 0 Å². The van der Waals surface area contributed by atoms with Crippen molar-refractivity contribution >= 4 is 36.2 Å². The van der Waals surface area contributed by atoms with Gasteiger partial charge in [0.2, 0.25) is 5.91 Å². The normalized spacial score (nSPS) is 25.8. The van der Waals surface area contributed by atoms with Gasteiger partial charge in [0.05, 0.1) is 24.2 Å². The third-order valence-electron chi connectivity index (χ3n) is 6.23. The highest BCUT2D eigenvalue weighted by Crippen LogP contribution is 2.36. The number of hydrogen-bond acceptors (Lipinski definition) is 12. The zero-order valence-corrected chi connectivity index (χ0v) is 20.5. The molecule has 0 saturated carbocycles. The number of allylic oxidation sites excluding steroid dienone is 1. The SMILES string of the molecule is CC(=O)N[C@@H](CCCCN/C=C1\N=C2c3ncn([C@@H]4O[C@H](CO)[C@@H](O)[C@H]4O)c3N=CN2C=C1C=O)C(=O)O. The number of carboxylic acids is 1. The number of carbonyl (C=O) groups excluding carboxylic acids is 2. The van der Waals surface area contributed by atoms with Gasteiger partial charge in [-0.25, -0.2) is 19.8 Å². The Morgan fingerprint density at radius 1 is 1.26 bits per heavy atom. The average molecular weight is 532 g/mol. The molecule has 5 atom stereocenters. The fourth-order valence-electron chi connectivity index (χ4n) is 4.28. The van der Waals surface area contributed by atoms with Crippen LogP contribution in [0.3, 0.4) is 0 Å². The van der Waals surface area contributed by atoms with Gasteiger partial charge in [-0.2, -0.15) is 0 Å². The average Bonchev–Trinajstić information content (AvgIpc) is 3.45. The van der Waals surface area contributed by atoms with Gasteiger partial charge in [0, 0.05) is 25.9 Å². The number of carbonyl (C=O) groups is 3. The van der Waals surface area contributed by atoms with Crippen molar-refractivity contribution in [2.24, 2.45) is 9.98 Å². The maximum Gasteiger partial charge on any atom is 0.326 e. The molecule has 4 rings (SSSR count). The molecule has 0 unspecified atom stereocenters. The number of imidazole rings is 1. The summed E-state index contributed by atoms with van der Waals surface area (Å²) in [6.45, 7) is 1.28. The van der Waals surface area contributed by atoms with Gasteiger partial charge in [0.15, 0.2) is 29.9 Å². The van der Waals surface area contributed by atoms with Crippen LogP contribution in [0.15, 0.2) is 40.0 Å². The van der Waals surface area contributed by atoms with Crippen molar-refractivity contribution < 1.29 is 39.5 Å². The van der Waals surface area contributed by atoms with E-state index < -0.39 is 49.1 Å². The number of ether oxygens (including phenoxy) is 1. The van der Waals surface area contributed by atoms with Crippen LogP contribution in [0.2, 0.25) is 0 Å². The summed E-state index contributed by atoms with van der Waals surface area (Å²) in [6.07, 6.45) is 3.47. The summed E-state index contributed by atoms with van der Waals surface area (Å²) in [6, 6.07) is -0.943. The smallest absolute Gasteiger partial charge is 0.326 e. The van der Waals surface area contributed by atoms with Crippen LogP contribution < -0.4 is 10.6 Å². The van der Waals surface area contributed by atoms with Crippen LogP contribution in [0, 0.1) is 0 Å². The second-order valence-corrected chi connectivity index (χ2v) is 8.91. The third kappa shape index (κ3) is 5.50. The maximum absolute atomic E-state index is 11.7. The van der Waals surface area contributed by atoms with Crippen molar-refractivity contribution in [3.05, 3.63) is 35.7 Å². The molecule has 15 heteroatoms. The summed E-state index contributed by atoms with van der Waals surface area (Å²) >= 11 is 0. The molecule has 38 heavy (non-hydrogen) atoms. The summed E-state index contributed by atoms with van der Waals surface area (Å²) in [7, 11) is 0. The number of nitrogens with one attached hydrogen (secondary N) is 2. The molecule has 3 aliphatic heterocycles. The minimum Gasteiger partial charge on any atom is -0.480 e. The Morgan fingerprint density at radius 3 is 2.71 bits per heavy atom. The Morgan fingerprint density at radius 2 is 2.05 bits per heavy atom. The number of amidine groups is 1. The molecule has 4 heterocycles. The third-order valence-corrected chi connectivity index (χ3v) is 6.23. The van der Waals surface area contributed by atoms with E-state index in [0.717, 1.165) is 0 Å². The molecule has 1 fully saturated rings. The van der Waals surface area contributed by atoms with E-state index >= 15 is 0 Å². The van der Waals surface area contributed by atoms with Gasteiger partial charge in [-0.3, -0.25) is 19.1 Å². The lowest BCUT2D eigenvalue weighted by atomic mass is 10.1. The van der Waals surface area contributed by atoms with Crippen LogP contribution in [0.1, 0.15) is 38.1 Å². The van der Waals surface area contributed by atoms with Gasteiger partial charge in [-0.15, -0.1) is 0 Å². The predicted octanol–water partition coefficient (Wildman–Crippen LogP) is -1.50. The molecule has 0 aliphatic carbocycles. The number of aliphatic carboxylic acids is 1. The first-order chi connectivity index (χ1) is 18.2. The van der Waals surface area contributed by atoms with Crippen LogP contribution in [-0.4, -0.2) is 103 Å². The Kier molecular flexibility index (Phi) is 8.31. The summed E-state index contributed by atoms with van der Waals surface area (Å²) in [5.41, 5.74) is 0.988. The van der Waals surface area contributed by atoms with E-state index in [2.05, 4.69) is 25.6 Å². The van der Waals surface area contributed by atoms with E-state index in [0.29, 0.717) is 48.7 Å². The summed E-state index contributed by atoms with van der Waals surface area (Å²) in [4.78, 5) is 48.8. The molecule has 3 aliphatic rings. The Hall–Kier alpha value is -3.92. The van der Waals surface area contributed by atoms with Gasteiger partial charge in [-0.05, 0) is 19.3 Å². The standard InChI is InChI=1S/C23H29N7O8/c1-12(33)27-14(23(36)37)4-2-3-5-24-6-15-13(8-31)7-29-10-26-20-17(21(29)28-15)25-11-30(20)22-19(35)18(34)16(9-32)38-22/h6-8,10-11,14,16,18-19,22,24,32,34-35H,2-5,9H2,1H3,(H,27,33)(H,36,37)/b15-6-/t14-,16+,18+,19+,22+/m0/s1. The number of fused-ring (bicyclic) bond motifs is 3. The van der Waals surface area contributed by atoms with Crippen LogP contribution in [-0.2, 0) is 19.1 Å². The quantitative estimate of drug-likeness (QED) is 0.143. The molecule has 204 valence electrons. The van der Waals surface area contributed by atoms with Crippen LogP contribution >= 0.6 is 0 Å². The molecule has 1 saturated heterocycles. The van der Waals surface area contributed by atoms with E-state index in [-0.39, 0.29) is 12.0 Å². The number of hydrogen-bond donors (Lipinski definition) is 6. The predicted molar refractivity (Wildman–Crippen MR) is 131 cm³/mol. The second kappa shape index (κ2) is 11.6. The lowest BCUT2D eigenvalue weighted by Gasteiger charge is -2.26. The van der Waals surface area contributed by atoms with E-state index in [1.54, 1.807) is 12.4 Å². The highest BCUT2D eigenvalue weighted by molar-refractivity contribution is 6.11. The van der Waals surface area contributed by atoms with Crippen molar-refractivity contribution in [1.29, 1.82) is 0 Å². The first kappa shape index (κ1) is 27.1. The fourth-order valence-corrected chi connectivity index (χ4v) is 4.28. The molecule has 15 nitrogen and oxygen atoms in total. The zero-order chi connectivity index (χ0) is 27.4. The first-order valence-electron chi connectivity index (χ1n) is 12.0. The van der Waals surface area contributed by atoms with Gasteiger partial charge >= 0.3 is 5.97 Å². The molecule has 0 aromatic carbocycles. The van der Waals surface area contributed by atoms with E-state index in [4.69, 9.17) is 4.74 Å². The topological polar surface area (TPSA) is 211 Å². The van der Waals surface area contributed by atoms with Crippen molar-refractivity contribution in [2.75, 3.05) is 13.2 Å². The number of aliphatic hydroxyl groups excluding tert-OH is 3. The Bertz CT molecular complexity index is 1210. The van der Waals surface area contributed by atoms with Gasteiger partial charge < -0.3 is 35.8 Å². The number of aromatic nitrogens is 2. The Balaban J connectivity index is 1.44.